The van der Waals surface area contributed by atoms with Crippen molar-refractivity contribution in [3.05, 3.63) is 24.3 Å². The molecule has 0 aromatic rings. The standard InChI is InChI=1S/C16H28GeO6/c1-7-9-11-20-17(21-12-10-8-2,22-15(18)13(3)4)23-16(19)14(5)6/h3,5,7-12H2,1-2,4,6H3. The Morgan fingerprint density at radius 2 is 1.17 bits per heavy atom. The minimum atomic E-state index is -4.55. The van der Waals surface area contributed by atoms with Crippen LogP contribution >= 0.6 is 0 Å². The number of carbonyl (C=O) groups is 2. The fraction of sp³-hybridized carbons (Fsp3) is 0.625. The van der Waals surface area contributed by atoms with Crippen molar-refractivity contribution in [3.8, 4) is 0 Å². The van der Waals surface area contributed by atoms with E-state index in [-0.39, 0.29) is 24.4 Å². The number of hydrogen-bond acceptors (Lipinski definition) is 6. The van der Waals surface area contributed by atoms with Gasteiger partial charge in [-0.3, -0.25) is 0 Å². The van der Waals surface area contributed by atoms with E-state index in [2.05, 4.69) is 13.2 Å². The van der Waals surface area contributed by atoms with Crippen LogP contribution in [0, 0.1) is 0 Å². The van der Waals surface area contributed by atoms with E-state index in [0.717, 1.165) is 25.7 Å². The van der Waals surface area contributed by atoms with Crippen LogP contribution in [0.4, 0.5) is 0 Å². The Kier molecular flexibility index (Phi) is 10.9. The normalized spacial score (nSPS) is 11.0. The molecule has 23 heavy (non-hydrogen) atoms. The second-order valence-electron chi connectivity index (χ2n) is 5.24. The summed E-state index contributed by atoms with van der Waals surface area (Å²) in [6, 6.07) is 0. The van der Waals surface area contributed by atoms with Crippen molar-refractivity contribution in [2.45, 2.75) is 53.4 Å². The Bertz CT molecular complexity index is 392. The molecular weight excluding hydrogens is 361 g/mol. The van der Waals surface area contributed by atoms with Gasteiger partial charge >= 0.3 is 142 Å². The van der Waals surface area contributed by atoms with Gasteiger partial charge in [0.2, 0.25) is 0 Å². The first kappa shape index (κ1) is 21.9. The van der Waals surface area contributed by atoms with Gasteiger partial charge in [0.05, 0.1) is 0 Å². The van der Waals surface area contributed by atoms with Gasteiger partial charge in [-0.1, -0.05) is 0 Å². The number of carbonyl (C=O) groups excluding carboxylic acids is 2. The third kappa shape index (κ3) is 8.93. The van der Waals surface area contributed by atoms with Crippen LogP contribution in [0.1, 0.15) is 53.4 Å². The minimum absolute atomic E-state index is 0.185. The average molecular weight is 389 g/mol. The predicted molar refractivity (Wildman–Crippen MR) is 89.3 cm³/mol. The van der Waals surface area contributed by atoms with Crippen molar-refractivity contribution < 1.29 is 24.6 Å². The molecule has 0 amide bonds. The molecule has 0 aliphatic carbocycles. The summed E-state index contributed by atoms with van der Waals surface area (Å²) in [5.74, 6) is -1.37. The topological polar surface area (TPSA) is 71.1 Å². The zero-order valence-electron chi connectivity index (χ0n) is 14.6. The molecule has 0 aliphatic rings. The van der Waals surface area contributed by atoms with E-state index >= 15 is 0 Å². The van der Waals surface area contributed by atoms with Crippen molar-refractivity contribution >= 4 is 26.6 Å². The molecule has 0 radical (unpaired) electrons. The van der Waals surface area contributed by atoms with Gasteiger partial charge in [-0.2, -0.15) is 0 Å². The quantitative estimate of drug-likeness (QED) is 0.290. The number of unbranched alkanes of at least 4 members (excludes halogenated alkanes) is 2. The molecule has 0 aromatic carbocycles. The second kappa shape index (κ2) is 11.4. The van der Waals surface area contributed by atoms with E-state index in [1.807, 2.05) is 13.8 Å². The SMILES string of the molecule is C=C(C)C(=O)[O][Ge]([O]CCCC)([O]CCCC)[O]C(=O)C(=C)C. The summed E-state index contributed by atoms with van der Waals surface area (Å²) in [6.45, 7) is 14.6. The van der Waals surface area contributed by atoms with Gasteiger partial charge in [0.15, 0.2) is 0 Å². The number of rotatable bonds is 12. The van der Waals surface area contributed by atoms with Crippen LogP contribution in [-0.2, 0) is 24.6 Å². The molecule has 0 aromatic heterocycles. The van der Waals surface area contributed by atoms with Crippen LogP contribution in [0.5, 0.6) is 0 Å². The molecule has 0 aliphatic heterocycles. The maximum absolute atomic E-state index is 11.9. The molecule has 132 valence electrons. The Hall–Kier alpha value is -1.12. The molecular formula is C16H28GeO6. The van der Waals surface area contributed by atoms with Crippen LogP contribution in [0.25, 0.3) is 0 Å². The Morgan fingerprint density at radius 3 is 1.43 bits per heavy atom. The van der Waals surface area contributed by atoms with E-state index in [1.165, 1.54) is 13.8 Å². The summed E-state index contributed by atoms with van der Waals surface area (Å²) in [6.07, 6.45) is 3.24. The summed E-state index contributed by atoms with van der Waals surface area (Å²) in [7, 11) is 0. The first-order valence-corrected chi connectivity index (χ1v) is 11.3. The van der Waals surface area contributed by atoms with E-state index < -0.39 is 26.6 Å². The molecule has 0 fully saturated rings. The van der Waals surface area contributed by atoms with Crippen LogP contribution in [0.2, 0.25) is 0 Å². The van der Waals surface area contributed by atoms with Gasteiger partial charge in [0.25, 0.3) is 0 Å². The van der Waals surface area contributed by atoms with Crippen LogP contribution < -0.4 is 0 Å². The van der Waals surface area contributed by atoms with Crippen LogP contribution in [0.3, 0.4) is 0 Å². The molecule has 0 bridgehead atoms. The van der Waals surface area contributed by atoms with Gasteiger partial charge < -0.3 is 0 Å². The third-order valence-corrected chi connectivity index (χ3v) is 6.85. The van der Waals surface area contributed by atoms with Gasteiger partial charge in [-0.25, -0.2) is 0 Å². The summed E-state index contributed by atoms with van der Waals surface area (Å²) >= 11 is -4.55. The molecule has 0 saturated heterocycles. The summed E-state index contributed by atoms with van der Waals surface area (Å²) in [5, 5.41) is 0. The van der Waals surface area contributed by atoms with E-state index in [9.17, 15) is 9.59 Å². The maximum atomic E-state index is 11.9. The molecule has 0 unspecified atom stereocenters. The van der Waals surface area contributed by atoms with Gasteiger partial charge in [0.1, 0.15) is 0 Å². The number of hydrogen-bond donors (Lipinski definition) is 0. The average Bonchev–Trinajstić information content (AvgIpc) is 2.47. The van der Waals surface area contributed by atoms with Crippen molar-refractivity contribution in [2.24, 2.45) is 0 Å². The zero-order chi connectivity index (χ0) is 17.9. The van der Waals surface area contributed by atoms with Crippen LogP contribution in [0.15, 0.2) is 24.3 Å². The summed E-state index contributed by atoms with van der Waals surface area (Å²) < 4.78 is 22.0. The zero-order valence-corrected chi connectivity index (χ0v) is 16.7. The summed E-state index contributed by atoms with van der Waals surface area (Å²) in [5.41, 5.74) is 0.370. The van der Waals surface area contributed by atoms with Crippen molar-refractivity contribution in [2.75, 3.05) is 13.2 Å². The van der Waals surface area contributed by atoms with Crippen molar-refractivity contribution in [3.63, 3.8) is 0 Å². The molecule has 0 atom stereocenters. The van der Waals surface area contributed by atoms with E-state index in [1.54, 1.807) is 0 Å². The van der Waals surface area contributed by atoms with Gasteiger partial charge in [-0.15, -0.1) is 0 Å². The Morgan fingerprint density at radius 1 is 0.826 bits per heavy atom. The molecule has 0 spiro atoms. The molecule has 6 nitrogen and oxygen atoms in total. The predicted octanol–water partition coefficient (Wildman–Crippen LogP) is 3.29. The molecule has 0 heterocycles. The van der Waals surface area contributed by atoms with Crippen LogP contribution in [-0.4, -0.2) is 39.8 Å². The molecule has 0 N–H and O–H groups in total. The molecule has 0 rings (SSSR count). The fourth-order valence-corrected chi connectivity index (χ4v) is 5.36. The van der Waals surface area contributed by atoms with Gasteiger partial charge in [0, 0.05) is 0 Å². The first-order chi connectivity index (χ1) is 10.8. The molecule has 0 saturated carbocycles. The summed E-state index contributed by atoms with van der Waals surface area (Å²) in [4.78, 5) is 23.9. The Labute approximate surface area is 142 Å². The van der Waals surface area contributed by atoms with Gasteiger partial charge in [-0.05, 0) is 0 Å². The molecule has 7 heteroatoms. The van der Waals surface area contributed by atoms with Crippen molar-refractivity contribution in [1.29, 1.82) is 0 Å². The van der Waals surface area contributed by atoms with Crippen molar-refractivity contribution in [1.82, 2.24) is 0 Å². The Balaban J connectivity index is 5.29. The van der Waals surface area contributed by atoms with E-state index in [0.29, 0.717) is 0 Å². The fourth-order valence-electron chi connectivity index (χ4n) is 1.26. The second-order valence-corrected chi connectivity index (χ2v) is 9.41. The monoisotopic (exact) mass is 390 g/mol. The first-order valence-electron chi connectivity index (χ1n) is 7.83. The van der Waals surface area contributed by atoms with E-state index in [4.69, 9.17) is 15.1 Å². The third-order valence-electron chi connectivity index (χ3n) is 2.69.